The van der Waals surface area contributed by atoms with Gasteiger partial charge in [0.05, 0.1) is 0 Å². The van der Waals surface area contributed by atoms with E-state index in [0.29, 0.717) is 6.04 Å². The molecule has 2 aliphatic rings. The van der Waals surface area contributed by atoms with E-state index >= 15 is 0 Å². The maximum atomic E-state index is 6.29. The molecule has 1 aromatic carbocycles. The zero-order chi connectivity index (χ0) is 13.4. The van der Waals surface area contributed by atoms with Crippen molar-refractivity contribution in [2.24, 2.45) is 0 Å². The van der Waals surface area contributed by atoms with E-state index in [-0.39, 0.29) is 0 Å². The highest BCUT2D eigenvalue weighted by atomic mass is 35.5. The Morgan fingerprint density at radius 2 is 2.21 bits per heavy atom. The molecule has 2 aliphatic heterocycles. The molecule has 2 atom stereocenters. The number of fused-ring (bicyclic) bond motifs is 1. The molecular weight excluding hydrogens is 258 g/mol. The molecular formula is C15H22ClN3. The second kappa shape index (κ2) is 5.31. The van der Waals surface area contributed by atoms with Gasteiger partial charge < -0.3 is 5.73 Å². The zero-order valence-electron chi connectivity index (χ0n) is 11.5. The standard InChI is InChI=1S/C15H22ClN3/c1-11-8-18-7-3-4-12(18)9-19(11)10-13-14(16)5-2-6-15(13)17/h2,5-6,11-12H,3-4,7-10,17H2,1H3. The molecule has 3 rings (SSSR count). The van der Waals surface area contributed by atoms with Crippen LogP contribution in [0.25, 0.3) is 0 Å². The third-order valence-electron chi connectivity index (χ3n) is 4.58. The van der Waals surface area contributed by atoms with Crippen LogP contribution in [0.1, 0.15) is 25.3 Å². The second-order valence-electron chi connectivity index (χ2n) is 5.88. The van der Waals surface area contributed by atoms with Gasteiger partial charge in [0, 0.05) is 48.0 Å². The predicted octanol–water partition coefficient (Wildman–Crippen LogP) is 2.59. The molecule has 19 heavy (non-hydrogen) atoms. The summed E-state index contributed by atoms with van der Waals surface area (Å²) in [5.74, 6) is 0. The molecule has 0 radical (unpaired) electrons. The molecule has 3 nitrogen and oxygen atoms in total. The highest BCUT2D eigenvalue weighted by Gasteiger charge is 2.34. The average Bonchev–Trinajstić information content (AvgIpc) is 2.81. The Hall–Kier alpha value is -0.770. The van der Waals surface area contributed by atoms with Gasteiger partial charge in [-0.2, -0.15) is 0 Å². The number of nitrogens with two attached hydrogens (primary N) is 1. The number of piperazine rings is 1. The van der Waals surface area contributed by atoms with E-state index < -0.39 is 0 Å². The summed E-state index contributed by atoms with van der Waals surface area (Å²) < 4.78 is 0. The van der Waals surface area contributed by atoms with Crippen LogP contribution in [0.4, 0.5) is 5.69 Å². The van der Waals surface area contributed by atoms with Crippen molar-refractivity contribution in [3.05, 3.63) is 28.8 Å². The van der Waals surface area contributed by atoms with E-state index in [1.807, 2.05) is 18.2 Å². The van der Waals surface area contributed by atoms with Crippen LogP contribution in [-0.4, -0.2) is 41.5 Å². The first-order valence-corrected chi connectivity index (χ1v) is 7.54. The van der Waals surface area contributed by atoms with E-state index in [1.54, 1.807) is 0 Å². The van der Waals surface area contributed by atoms with Gasteiger partial charge in [0.1, 0.15) is 0 Å². The van der Waals surface area contributed by atoms with Crippen molar-refractivity contribution < 1.29 is 0 Å². The molecule has 0 aromatic heterocycles. The van der Waals surface area contributed by atoms with E-state index in [1.165, 1.54) is 25.9 Å². The lowest BCUT2D eigenvalue weighted by atomic mass is 10.1. The summed E-state index contributed by atoms with van der Waals surface area (Å²) in [4.78, 5) is 5.17. The maximum Gasteiger partial charge on any atom is 0.0471 e. The minimum absolute atomic E-state index is 0.574. The van der Waals surface area contributed by atoms with Crippen LogP contribution < -0.4 is 5.73 Å². The van der Waals surface area contributed by atoms with Gasteiger partial charge >= 0.3 is 0 Å². The smallest absolute Gasteiger partial charge is 0.0471 e. The predicted molar refractivity (Wildman–Crippen MR) is 80.3 cm³/mol. The van der Waals surface area contributed by atoms with Gasteiger partial charge in [-0.15, -0.1) is 0 Å². The van der Waals surface area contributed by atoms with Crippen molar-refractivity contribution >= 4 is 17.3 Å². The van der Waals surface area contributed by atoms with Crippen LogP contribution in [-0.2, 0) is 6.54 Å². The van der Waals surface area contributed by atoms with Crippen molar-refractivity contribution in [3.8, 4) is 0 Å². The zero-order valence-corrected chi connectivity index (χ0v) is 12.2. The van der Waals surface area contributed by atoms with Gasteiger partial charge in [0.25, 0.3) is 0 Å². The minimum Gasteiger partial charge on any atom is -0.398 e. The first-order valence-electron chi connectivity index (χ1n) is 7.16. The Labute approximate surface area is 120 Å². The lowest BCUT2D eigenvalue weighted by molar-refractivity contribution is 0.0542. The summed E-state index contributed by atoms with van der Waals surface area (Å²) in [6, 6.07) is 7.10. The van der Waals surface area contributed by atoms with Gasteiger partial charge in [-0.3, -0.25) is 9.80 Å². The molecule has 0 amide bonds. The fraction of sp³-hybridized carbons (Fsp3) is 0.600. The van der Waals surface area contributed by atoms with Gasteiger partial charge in [-0.05, 0) is 38.4 Å². The maximum absolute atomic E-state index is 6.29. The second-order valence-corrected chi connectivity index (χ2v) is 6.28. The fourth-order valence-corrected chi connectivity index (χ4v) is 3.65. The molecule has 0 spiro atoms. The molecule has 4 heteroatoms. The minimum atomic E-state index is 0.574. The first-order chi connectivity index (χ1) is 9.15. The summed E-state index contributed by atoms with van der Waals surface area (Å²) in [5, 5.41) is 0.793. The van der Waals surface area contributed by atoms with E-state index in [4.69, 9.17) is 17.3 Å². The Kier molecular flexibility index (Phi) is 3.70. The van der Waals surface area contributed by atoms with Crippen LogP contribution in [0.3, 0.4) is 0 Å². The number of hydrogen-bond acceptors (Lipinski definition) is 3. The molecule has 0 saturated carbocycles. The Morgan fingerprint density at radius 1 is 1.37 bits per heavy atom. The summed E-state index contributed by atoms with van der Waals surface area (Å²) in [6.07, 6.45) is 2.68. The number of halogens is 1. The van der Waals surface area contributed by atoms with Crippen molar-refractivity contribution in [2.75, 3.05) is 25.4 Å². The number of rotatable bonds is 2. The molecule has 0 aliphatic carbocycles. The SMILES string of the molecule is CC1CN2CCCC2CN1Cc1c(N)cccc1Cl. The molecule has 0 bridgehead atoms. The highest BCUT2D eigenvalue weighted by Crippen LogP contribution is 2.29. The lowest BCUT2D eigenvalue weighted by Gasteiger charge is -2.42. The number of nitrogens with zero attached hydrogens (tertiary/aromatic N) is 2. The summed E-state index contributed by atoms with van der Waals surface area (Å²) in [6.45, 7) is 6.77. The molecule has 2 N–H and O–H groups in total. The Morgan fingerprint density at radius 3 is 3.00 bits per heavy atom. The quantitative estimate of drug-likeness (QED) is 0.845. The summed E-state index contributed by atoms with van der Waals surface area (Å²) >= 11 is 6.29. The number of anilines is 1. The number of hydrogen-bond donors (Lipinski definition) is 1. The van der Waals surface area contributed by atoms with Gasteiger partial charge in [0.2, 0.25) is 0 Å². The van der Waals surface area contributed by atoms with Crippen molar-refractivity contribution in [3.63, 3.8) is 0 Å². The van der Waals surface area contributed by atoms with Gasteiger partial charge in [-0.1, -0.05) is 17.7 Å². The van der Waals surface area contributed by atoms with E-state index in [9.17, 15) is 0 Å². The molecule has 2 unspecified atom stereocenters. The van der Waals surface area contributed by atoms with Gasteiger partial charge in [-0.25, -0.2) is 0 Å². The van der Waals surface area contributed by atoms with Crippen LogP contribution in [0, 0.1) is 0 Å². The molecule has 2 saturated heterocycles. The number of benzene rings is 1. The van der Waals surface area contributed by atoms with E-state index in [2.05, 4.69) is 16.7 Å². The normalized spacial score (nSPS) is 28.5. The lowest BCUT2D eigenvalue weighted by Crippen LogP contribution is -2.54. The Balaban J connectivity index is 1.75. The Bertz CT molecular complexity index is 442. The monoisotopic (exact) mass is 279 g/mol. The largest absolute Gasteiger partial charge is 0.398 e. The van der Waals surface area contributed by atoms with Crippen LogP contribution in [0.2, 0.25) is 5.02 Å². The third-order valence-corrected chi connectivity index (χ3v) is 4.94. The summed E-state index contributed by atoms with van der Waals surface area (Å²) in [7, 11) is 0. The van der Waals surface area contributed by atoms with Crippen LogP contribution in [0.5, 0.6) is 0 Å². The molecule has 2 heterocycles. The molecule has 2 fully saturated rings. The highest BCUT2D eigenvalue weighted by molar-refractivity contribution is 6.31. The third kappa shape index (κ3) is 2.60. The van der Waals surface area contributed by atoms with Crippen LogP contribution in [0.15, 0.2) is 18.2 Å². The van der Waals surface area contributed by atoms with Gasteiger partial charge in [0.15, 0.2) is 0 Å². The number of nitrogen functional groups attached to an aromatic ring is 1. The van der Waals surface area contributed by atoms with Crippen molar-refractivity contribution in [1.82, 2.24) is 9.80 Å². The average molecular weight is 280 g/mol. The van der Waals surface area contributed by atoms with E-state index in [0.717, 1.165) is 35.4 Å². The topological polar surface area (TPSA) is 32.5 Å². The van der Waals surface area contributed by atoms with Crippen molar-refractivity contribution in [1.29, 1.82) is 0 Å². The van der Waals surface area contributed by atoms with Crippen LogP contribution >= 0.6 is 11.6 Å². The first kappa shape index (κ1) is 13.2. The molecule has 104 valence electrons. The van der Waals surface area contributed by atoms with Crippen molar-refractivity contribution in [2.45, 2.75) is 38.4 Å². The summed E-state index contributed by atoms with van der Waals surface area (Å²) in [5.41, 5.74) is 7.97. The molecule has 1 aromatic rings. The fourth-order valence-electron chi connectivity index (χ4n) is 3.41.